The zero-order valence-electron chi connectivity index (χ0n) is 16.0. The summed E-state index contributed by atoms with van der Waals surface area (Å²) in [4.78, 5) is 51.1. The summed E-state index contributed by atoms with van der Waals surface area (Å²) in [6.07, 6.45) is 5.33. The van der Waals surface area contributed by atoms with Crippen molar-refractivity contribution in [3.63, 3.8) is 0 Å². The van der Waals surface area contributed by atoms with Gasteiger partial charge < -0.3 is 10.1 Å². The summed E-state index contributed by atoms with van der Waals surface area (Å²) in [5.74, 6) is -0.498. The van der Waals surface area contributed by atoms with Gasteiger partial charge >= 0.3 is 5.97 Å². The van der Waals surface area contributed by atoms with Crippen LogP contribution in [0.4, 0.5) is 5.69 Å². The van der Waals surface area contributed by atoms with Gasteiger partial charge in [0.25, 0.3) is 0 Å². The Kier molecular flexibility index (Phi) is 4.08. The minimum atomic E-state index is -0.431. The van der Waals surface area contributed by atoms with Gasteiger partial charge in [-0.15, -0.1) is 0 Å². The second-order valence-corrected chi connectivity index (χ2v) is 8.26. The lowest BCUT2D eigenvalue weighted by Gasteiger charge is -2.37. The van der Waals surface area contributed by atoms with E-state index in [9.17, 15) is 19.2 Å². The lowest BCUT2D eigenvalue weighted by Crippen LogP contribution is -2.40. The number of ether oxygens (including phenoxy) is 1. The number of esters is 1. The molecule has 7 nitrogen and oxygen atoms in total. The average molecular weight is 394 g/mol. The quantitative estimate of drug-likeness (QED) is 0.467. The molecule has 4 aliphatic carbocycles. The number of imide groups is 1. The number of anilines is 1. The maximum Gasteiger partial charge on any atom is 0.338 e. The fourth-order valence-corrected chi connectivity index (χ4v) is 5.42. The maximum atomic E-state index is 12.9. The van der Waals surface area contributed by atoms with Crippen molar-refractivity contribution in [3.05, 3.63) is 42.0 Å². The first-order chi connectivity index (χ1) is 14.0. The van der Waals surface area contributed by atoms with E-state index in [-0.39, 0.29) is 48.6 Å². The molecular formula is C22H22N2O5. The van der Waals surface area contributed by atoms with E-state index < -0.39 is 11.9 Å². The molecule has 1 saturated heterocycles. The minimum absolute atomic E-state index is 0.148. The third-order valence-corrected chi connectivity index (χ3v) is 6.74. The Balaban J connectivity index is 1.24. The van der Waals surface area contributed by atoms with E-state index in [1.807, 2.05) is 0 Å². The van der Waals surface area contributed by atoms with Crippen LogP contribution in [-0.2, 0) is 19.1 Å². The Morgan fingerprint density at radius 1 is 1.03 bits per heavy atom. The molecule has 0 spiro atoms. The largest absolute Gasteiger partial charge is 0.462 e. The zero-order chi connectivity index (χ0) is 20.3. The Bertz CT molecular complexity index is 901. The van der Waals surface area contributed by atoms with E-state index in [2.05, 4.69) is 17.5 Å². The maximum absolute atomic E-state index is 12.9. The van der Waals surface area contributed by atoms with Gasteiger partial charge in [-0.2, -0.15) is 0 Å². The molecule has 6 atom stereocenters. The summed E-state index contributed by atoms with van der Waals surface area (Å²) in [6.45, 7) is 1.74. The predicted octanol–water partition coefficient (Wildman–Crippen LogP) is 1.85. The molecule has 3 amide bonds. The van der Waals surface area contributed by atoms with Crippen LogP contribution in [0.1, 0.15) is 23.7 Å². The van der Waals surface area contributed by atoms with Crippen LogP contribution in [0.3, 0.4) is 0 Å². The molecule has 2 bridgehead atoms. The highest BCUT2D eigenvalue weighted by atomic mass is 16.5. The number of benzene rings is 1. The van der Waals surface area contributed by atoms with Crippen LogP contribution < -0.4 is 5.32 Å². The van der Waals surface area contributed by atoms with Crippen LogP contribution >= 0.6 is 0 Å². The molecule has 150 valence electrons. The molecule has 5 aliphatic rings. The van der Waals surface area contributed by atoms with Crippen LogP contribution in [0.25, 0.3) is 0 Å². The van der Waals surface area contributed by atoms with E-state index in [0.717, 1.165) is 11.3 Å². The number of amides is 3. The van der Waals surface area contributed by atoms with Crippen molar-refractivity contribution in [2.45, 2.75) is 13.3 Å². The van der Waals surface area contributed by atoms with E-state index in [1.54, 1.807) is 31.2 Å². The summed E-state index contributed by atoms with van der Waals surface area (Å²) in [6, 6.07) is 6.30. The van der Waals surface area contributed by atoms with E-state index in [1.165, 1.54) is 0 Å². The van der Waals surface area contributed by atoms with Gasteiger partial charge in [0.2, 0.25) is 17.7 Å². The molecule has 1 heterocycles. The molecule has 0 radical (unpaired) electrons. The van der Waals surface area contributed by atoms with Crippen molar-refractivity contribution in [2.75, 3.05) is 18.5 Å². The zero-order valence-corrected chi connectivity index (χ0v) is 16.0. The van der Waals surface area contributed by atoms with Gasteiger partial charge in [0.1, 0.15) is 6.54 Å². The molecular weight excluding hydrogens is 372 g/mol. The van der Waals surface area contributed by atoms with Crippen molar-refractivity contribution in [1.82, 2.24) is 4.90 Å². The van der Waals surface area contributed by atoms with Crippen LogP contribution in [0.15, 0.2) is 36.4 Å². The van der Waals surface area contributed by atoms with Crippen LogP contribution in [-0.4, -0.2) is 41.7 Å². The van der Waals surface area contributed by atoms with Crippen LogP contribution in [0.5, 0.6) is 0 Å². The third kappa shape index (κ3) is 2.79. The van der Waals surface area contributed by atoms with Crippen molar-refractivity contribution in [3.8, 4) is 0 Å². The topological polar surface area (TPSA) is 92.8 Å². The molecule has 1 aromatic rings. The summed E-state index contributed by atoms with van der Waals surface area (Å²) in [5.41, 5.74) is 0.878. The summed E-state index contributed by atoms with van der Waals surface area (Å²) < 4.78 is 4.93. The third-order valence-electron chi connectivity index (χ3n) is 6.74. The first kappa shape index (κ1) is 18.1. The van der Waals surface area contributed by atoms with Crippen molar-refractivity contribution < 1.29 is 23.9 Å². The average Bonchev–Trinajstić information content (AvgIpc) is 3.50. The second kappa shape index (κ2) is 6.54. The first-order valence-electron chi connectivity index (χ1n) is 10.1. The van der Waals surface area contributed by atoms with Gasteiger partial charge in [0.05, 0.1) is 24.0 Å². The molecule has 0 aromatic heterocycles. The number of nitrogens with one attached hydrogen (secondary N) is 1. The number of carbonyl (C=O) groups is 4. The van der Waals surface area contributed by atoms with E-state index in [0.29, 0.717) is 23.1 Å². The number of rotatable bonds is 5. The van der Waals surface area contributed by atoms with Gasteiger partial charge in [0, 0.05) is 5.69 Å². The number of hydrogen-bond donors (Lipinski definition) is 1. The molecule has 2 saturated carbocycles. The number of nitrogens with zero attached hydrogens (tertiary/aromatic N) is 1. The smallest absolute Gasteiger partial charge is 0.338 e. The van der Waals surface area contributed by atoms with Crippen molar-refractivity contribution in [2.24, 2.45) is 35.5 Å². The molecule has 7 heteroatoms. The number of allylic oxidation sites excluding steroid dienone is 2. The van der Waals surface area contributed by atoms with Crippen LogP contribution in [0.2, 0.25) is 0 Å². The van der Waals surface area contributed by atoms with Gasteiger partial charge in [-0.3, -0.25) is 19.3 Å². The Morgan fingerprint density at radius 3 is 2.17 bits per heavy atom. The monoisotopic (exact) mass is 394 g/mol. The van der Waals surface area contributed by atoms with Crippen LogP contribution in [0, 0.1) is 35.5 Å². The Morgan fingerprint density at radius 2 is 1.62 bits per heavy atom. The molecule has 29 heavy (non-hydrogen) atoms. The number of carbonyl (C=O) groups excluding carboxylic acids is 4. The molecule has 0 unspecified atom stereocenters. The second-order valence-electron chi connectivity index (χ2n) is 8.26. The number of likely N-dealkylation sites (tertiary alicyclic amines) is 1. The Labute approximate surface area is 168 Å². The fraction of sp³-hybridized carbons (Fsp3) is 0.455. The summed E-state index contributed by atoms with van der Waals surface area (Å²) in [7, 11) is 0. The number of hydrogen-bond acceptors (Lipinski definition) is 5. The van der Waals surface area contributed by atoms with Gasteiger partial charge in [-0.1, -0.05) is 12.2 Å². The SMILES string of the molecule is CCOC(=O)c1ccc(NC(=O)CN2C(=O)[C@@H]3[C@@H]4C=C[C@H]([C@H]5C[C@H]45)[C@@H]3C2=O)cc1. The minimum Gasteiger partial charge on any atom is -0.462 e. The highest BCUT2D eigenvalue weighted by molar-refractivity contribution is 6.09. The van der Waals surface area contributed by atoms with Crippen molar-refractivity contribution in [1.29, 1.82) is 0 Å². The van der Waals surface area contributed by atoms with Crippen molar-refractivity contribution >= 4 is 29.4 Å². The highest BCUT2D eigenvalue weighted by Crippen LogP contribution is 2.65. The van der Waals surface area contributed by atoms with Gasteiger partial charge in [-0.05, 0) is 61.3 Å². The predicted molar refractivity (Wildman–Crippen MR) is 102 cm³/mol. The highest BCUT2D eigenvalue weighted by Gasteiger charge is 2.67. The van der Waals surface area contributed by atoms with Gasteiger partial charge in [-0.25, -0.2) is 4.79 Å². The lowest BCUT2D eigenvalue weighted by molar-refractivity contribution is -0.142. The molecule has 1 N–H and O–H groups in total. The van der Waals surface area contributed by atoms with E-state index >= 15 is 0 Å². The molecule has 1 aliphatic heterocycles. The van der Waals surface area contributed by atoms with Gasteiger partial charge in [0.15, 0.2) is 0 Å². The fourth-order valence-electron chi connectivity index (χ4n) is 5.42. The molecule has 3 fully saturated rings. The summed E-state index contributed by atoms with van der Waals surface area (Å²) in [5, 5.41) is 2.69. The standard InChI is InChI=1S/C22H22N2O5/c1-2-29-22(28)11-3-5-12(6-4-11)23-17(25)10-24-20(26)18-13-7-8-14(16-9-15(13)16)19(18)21(24)27/h3-8,13-16,18-19H,2,9-10H2,1H3,(H,23,25)/t13-,14-,15-,16-,18-,19+/m1/s1. The molecule has 1 aromatic carbocycles. The normalized spacial score (nSPS) is 33.3. The Hall–Kier alpha value is -2.96. The first-order valence-corrected chi connectivity index (χ1v) is 10.1. The molecule has 6 rings (SSSR count). The van der Waals surface area contributed by atoms with E-state index in [4.69, 9.17) is 4.74 Å². The summed E-state index contributed by atoms with van der Waals surface area (Å²) >= 11 is 0. The lowest BCUT2D eigenvalue weighted by atomic mass is 9.63.